The van der Waals surface area contributed by atoms with E-state index in [9.17, 15) is 8.78 Å². The van der Waals surface area contributed by atoms with Gasteiger partial charge in [-0.3, -0.25) is 9.80 Å². The van der Waals surface area contributed by atoms with Gasteiger partial charge in [0.1, 0.15) is 0 Å². The predicted octanol–water partition coefficient (Wildman–Crippen LogP) is 1.42. The van der Waals surface area contributed by atoms with E-state index in [-0.39, 0.29) is 6.54 Å². The summed E-state index contributed by atoms with van der Waals surface area (Å²) in [5.41, 5.74) is 0. The van der Waals surface area contributed by atoms with Crippen LogP contribution in [0.5, 0.6) is 0 Å². The summed E-state index contributed by atoms with van der Waals surface area (Å²) in [6, 6.07) is 0.552. The number of hydrogen-bond donors (Lipinski definition) is 0. The Labute approximate surface area is 83.9 Å². The van der Waals surface area contributed by atoms with Gasteiger partial charge in [0.25, 0.3) is 6.43 Å². The second-order valence-corrected chi connectivity index (χ2v) is 4.34. The zero-order valence-electron chi connectivity index (χ0n) is 8.46. The number of alkyl halides is 2. The largest absolute Gasteiger partial charge is 0.298 e. The van der Waals surface area contributed by atoms with Crippen LogP contribution in [0.25, 0.3) is 0 Å². The van der Waals surface area contributed by atoms with E-state index in [1.54, 1.807) is 0 Å². The Balaban J connectivity index is 1.83. The second-order valence-electron chi connectivity index (χ2n) is 4.34. The minimum absolute atomic E-state index is 0.0374. The van der Waals surface area contributed by atoms with Gasteiger partial charge in [0.15, 0.2) is 0 Å². The normalized spacial score (nSPS) is 30.6. The van der Waals surface area contributed by atoms with Crippen LogP contribution < -0.4 is 0 Å². The van der Waals surface area contributed by atoms with Gasteiger partial charge >= 0.3 is 0 Å². The molecule has 2 aliphatic heterocycles. The molecule has 0 saturated carbocycles. The van der Waals surface area contributed by atoms with Crippen LogP contribution in [0.3, 0.4) is 0 Å². The molecule has 2 nitrogen and oxygen atoms in total. The molecule has 2 rings (SSSR count). The highest BCUT2D eigenvalue weighted by Crippen LogP contribution is 2.21. The lowest BCUT2D eigenvalue weighted by atomic mass is 9.99. The number of hydrogen-bond acceptors (Lipinski definition) is 2. The lowest BCUT2D eigenvalue weighted by Crippen LogP contribution is -2.55. The summed E-state index contributed by atoms with van der Waals surface area (Å²) in [7, 11) is 0. The zero-order chi connectivity index (χ0) is 9.97. The Morgan fingerprint density at radius 3 is 2.79 bits per heavy atom. The fourth-order valence-corrected chi connectivity index (χ4v) is 2.58. The fraction of sp³-hybridized carbons (Fsp3) is 1.00. The first-order chi connectivity index (χ1) is 6.75. The molecule has 2 saturated heterocycles. The summed E-state index contributed by atoms with van der Waals surface area (Å²) < 4.78 is 24.4. The average molecular weight is 204 g/mol. The quantitative estimate of drug-likeness (QED) is 0.671. The molecule has 1 unspecified atom stereocenters. The molecule has 0 aliphatic carbocycles. The number of halogens is 2. The summed E-state index contributed by atoms with van der Waals surface area (Å²) >= 11 is 0. The molecule has 4 heteroatoms. The molecule has 0 spiro atoms. The van der Waals surface area contributed by atoms with E-state index in [2.05, 4.69) is 4.90 Å². The smallest absolute Gasteiger partial charge is 0.251 e. The van der Waals surface area contributed by atoms with E-state index in [1.165, 1.54) is 25.8 Å². The van der Waals surface area contributed by atoms with Crippen LogP contribution >= 0.6 is 0 Å². The van der Waals surface area contributed by atoms with Crippen LogP contribution in [0.4, 0.5) is 8.78 Å². The molecule has 0 radical (unpaired) electrons. The van der Waals surface area contributed by atoms with Gasteiger partial charge in [-0.15, -0.1) is 0 Å². The molecule has 14 heavy (non-hydrogen) atoms. The Kier molecular flexibility index (Phi) is 3.34. The molecule has 0 bridgehead atoms. The maximum atomic E-state index is 12.2. The third-order valence-electron chi connectivity index (χ3n) is 3.32. The van der Waals surface area contributed by atoms with Gasteiger partial charge in [-0.2, -0.15) is 0 Å². The van der Waals surface area contributed by atoms with Crippen LogP contribution in [0.15, 0.2) is 0 Å². The summed E-state index contributed by atoms with van der Waals surface area (Å²) in [6.07, 6.45) is 1.57. The van der Waals surface area contributed by atoms with Crippen molar-refractivity contribution < 1.29 is 8.78 Å². The van der Waals surface area contributed by atoms with E-state index >= 15 is 0 Å². The standard InChI is InChI=1S/C10H18F2N2/c11-10(12)8-13-5-6-14-4-2-1-3-9(14)7-13/h9-10H,1-8H2. The van der Waals surface area contributed by atoms with Crippen molar-refractivity contribution in [3.63, 3.8) is 0 Å². The van der Waals surface area contributed by atoms with Gasteiger partial charge in [0.2, 0.25) is 0 Å². The molecular formula is C10H18F2N2. The van der Waals surface area contributed by atoms with Gasteiger partial charge in [-0.25, -0.2) is 8.78 Å². The average Bonchev–Trinajstić information content (AvgIpc) is 2.17. The number of rotatable bonds is 2. The first-order valence-electron chi connectivity index (χ1n) is 5.50. The molecule has 0 amide bonds. The van der Waals surface area contributed by atoms with Gasteiger partial charge in [-0.1, -0.05) is 6.42 Å². The number of nitrogens with zero attached hydrogens (tertiary/aromatic N) is 2. The third kappa shape index (κ3) is 2.42. The monoisotopic (exact) mass is 204 g/mol. The molecule has 1 atom stereocenters. The Morgan fingerprint density at radius 2 is 2.00 bits per heavy atom. The minimum atomic E-state index is -2.18. The Bertz CT molecular complexity index is 187. The van der Waals surface area contributed by atoms with Gasteiger partial charge in [0.05, 0.1) is 6.54 Å². The SMILES string of the molecule is FC(F)CN1CCN2CCCCC2C1. The van der Waals surface area contributed by atoms with Crippen molar-refractivity contribution in [3.05, 3.63) is 0 Å². The van der Waals surface area contributed by atoms with Crippen LogP contribution in [-0.4, -0.2) is 55.0 Å². The first-order valence-corrected chi connectivity index (χ1v) is 5.50. The number of piperidine rings is 1. The lowest BCUT2D eigenvalue weighted by Gasteiger charge is -2.43. The fourth-order valence-electron chi connectivity index (χ4n) is 2.58. The maximum Gasteiger partial charge on any atom is 0.251 e. The van der Waals surface area contributed by atoms with E-state index in [4.69, 9.17) is 0 Å². The third-order valence-corrected chi connectivity index (χ3v) is 3.32. The molecule has 82 valence electrons. The predicted molar refractivity (Wildman–Crippen MR) is 51.7 cm³/mol. The van der Waals surface area contributed by atoms with Crippen LogP contribution in [-0.2, 0) is 0 Å². The zero-order valence-corrected chi connectivity index (χ0v) is 8.46. The van der Waals surface area contributed by atoms with Gasteiger partial charge in [0, 0.05) is 25.7 Å². The van der Waals surface area contributed by atoms with Crippen LogP contribution in [0.2, 0.25) is 0 Å². The highest BCUT2D eigenvalue weighted by Gasteiger charge is 2.29. The molecule has 0 aromatic heterocycles. The van der Waals surface area contributed by atoms with E-state index in [0.717, 1.165) is 19.6 Å². The first kappa shape index (κ1) is 10.3. The van der Waals surface area contributed by atoms with Gasteiger partial charge in [-0.05, 0) is 19.4 Å². The minimum Gasteiger partial charge on any atom is -0.298 e. The van der Waals surface area contributed by atoms with Gasteiger partial charge < -0.3 is 0 Å². The number of piperazine rings is 1. The van der Waals surface area contributed by atoms with E-state index in [0.29, 0.717) is 6.04 Å². The molecule has 0 aromatic carbocycles. The van der Waals surface area contributed by atoms with E-state index < -0.39 is 6.43 Å². The molecule has 0 aromatic rings. The maximum absolute atomic E-state index is 12.2. The summed E-state index contributed by atoms with van der Waals surface area (Å²) in [5, 5.41) is 0. The summed E-state index contributed by atoms with van der Waals surface area (Å²) in [5.74, 6) is 0. The highest BCUT2D eigenvalue weighted by atomic mass is 19.3. The molecule has 0 N–H and O–H groups in total. The van der Waals surface area contributed by atoms with E-state index in [1.807, 2.05) is 4.90 Å². The molecule has 2 fully saturated rings. The number of fused-ring (bicyclic) bond motifs is 1. The van der Waals surface area contributed by atoms with Crippen molar-refractivity contribution in [1.29, 1.82) is 0 Å². The molecule has 2 aliphatic rings. The Morgan fingerprint density at radius 1 is 1.14 bits per heavy atom. The highest BCUT2D eigenvalue weighted by molar-refractivity contribution is 4.85. The van der Waals surface area contributed by atoms with Crippen molar-refractivity contribution in [2.75, 3.05) is 32.7 Å². The van der Waals surface area contributed by atoms with Crippen LogP contribution in [0, 0.1) is 0 Å². The lowest BCUT2D eigenvalue weighted by molar-refractivity contribution is 0.0150. The Hall–Kier alpha value is -0.220. The van der Waals surface area contributed by atoms with Crippen LogP contribution in [0.1, 0.15) is 19.3 Å². The second kappa shape index (κ2) is 4.53. The van der Waals surface area contributed by atoms with Crippen molar-refractivity contribution in [1.82, 2.24) is 9.80 Å². The topological polar surface area (TPSA) is 6.48 Å². The van der Waals surface area contributed by atoms with Crippen molar-refractivity contribution in [2.24, 2.45) is 0 Å². The summed E-state index contributed by atoms with van der Waals surface area (Å²) in [4.78, 5) is 4.38. The summed E-state index contributed by atoms with van der Waals surface area (Å²) in [6.45, 7) is 3.79. The van der Waals surface area contributed by atoms with Crippen molar-refractivity contribution in [2.45, 2.75) is 31.7 Å². The van der Waals surface area contributed by atoms with Crippen molar-refractivity contribution in [3.8, 4) is 0 Å². The molecular weight excluding hydrogens is 186 g/mol. The molecule has 2 heterocycles. The van der Waals surface area contributed by atoms with Crippen molar-refractivity contribution >= 4 is 0 Å².